The minimum Gasteiger partial charge on any atom is -0.495 e. The van der Waals surface area contributed by atoms with E-state index in [-0.39, 0.29) is 21.2 Å². The first-order valence-corrected chi connectivity index (χ1v) is 12.3. The molecule has 0 N–H and O–H groups in total. The zero-order chi connectivity index (χ0) is 21.2. The highest BCUT2D eigenvalue weighted by atomic mass is 32.2. The summed E-state index contributed by atoms with van der Waals surface area (Å²) in [6, 6.07) is 10.8. The summed E-state index contributed by atoms with van der Waals surface area (Å²) in [5, 5.41) is 0. The Morgan fingerprint density at radius 2 is 1.48 bits per heavy atom. The molecular weight excluding hydrogens is 412 g/mol. The van der Waals surface area contributed by atoms with E-state index in [1.807, 2.05) is 6.92 Å². The molecule has 0 bridgehead atoms. The van der Waals surface area contributed by atoms with E-state index in [1.54, 1.807) is 12.1 Å². The highest BCUT2D eigenvalue weighted by Crippen LogP contribution is 2.34. The van der Waals surface area contributed by atoms with Crippen molar-refractivity contribution in [3.63, 3.8) is 0 Å². The Hall–Kier alpha value is -2.10. The molecule has 3 rings (SSSR count). The van der Waals surface area contributed by atoms with Crippen LogP contribution >= 0.6 is 0 Å². The normalized spacial score (nSPS) is 15.8. The molecule has 1 aliphatic heterocycles. The van der Waals surface area contributed by atoms with Crippen molar-refractivity contribution in [2.75, 3.05) is 31.6 Å². The first-order chi connectivity index (χ1) is 13.7. The standard InChI is InChI=1S/C20H26N2O5S2/c1-16-7-9-17(10-8-16)28(23,24)21(2)19-15-18(11-12-20(19)27-3)29(25,26)22-13-5-4-6-14-22/h7-12,15H,4-6,13-14H2,1-3H3. The summed E-state index contributed by atoms with van der Waals surface area (Å²) in [6.07, 6.45) is 2.66. The van der Waals surface area contributed by atoms with Gasteiger partial charge in [-0.1, -0.05) is 24.1 Å². The minimum absolute atomic E-state index is 0.0566. The Kier molecular flexibility index (Phi) is 6.21. The zero-order valence-electron chi connectivity index (χ0n) is 16.8. The van der Waals surface area contributed by atoms with Gasteiger partial charge in [0, 0.05) is 20.1 Å². The number of benzene rings is 2. The summed E-state index contributed by atoms with van der Waals surface area (Å²) < 4.78 is 60.1. The SMILES string of the molecule is COc1ccc(S(=O)(=O)N2CCCCC2)cc1N(C)S(=O)(=O)c1ccc(C)cc1. The van der Waals surface area contributed by atoms with E-state index in [0.29, 0.717) is 13.1 Å². The molecule has 29 heavy (non-hydrogen) atoms. The molecule has 9 heteroatoms. The van der Waals surface area contributed by atoms with E-state index < -0.39 is 20.0 Å². The van der Waals surface area contributed by atoms with Crippen LogP contribution in [0.3, 0.4) is 0 Å². The molecular formula is C20H26N2O5S2. The van der Waals surface area contributed by atoms with Crippen LogP contribution in [0.15, 0.2) is 52.3 Å². The maximum absolute atomic E-state index is 13.1. The topological polar surface area (TPSA) is 84.0 Å². The summed E-state index contributed by atoms with van der Waals surface area (Å²) >= 11 is 0. The van der Waals surface area contributed by atoms with Crippen LogP contribution in [0.5, 0.6) is 5.75 Å². The third-order valence-corrected chi connectivity index (χ3v) is 8.80. The molecule has 0 aliphatic carbocycles. The molecule has 1 heterocycles. The first-order valence-electron chi connectivity index (χ1n) is 9.42. The van der Waals surface area contributed by atoms with Crippen molar-refractivity contribution in [3.05, 3.63) is 48.0 Å². The van der Waals surface area contributed by atoms with E-state index in [9.17, 15) is 16.8 Å². The predicted molar refractivity (Wildman–Crippen MR) is 112 cm³/mol. The molecule has 2 aromatic rings. The summed E-state index contributed by atoms with van der Waals surface area (Å²) in [6.45, 7) is 2.82. The van der Waals surface area contributed by atoms with Crippen molar-refractivity contribution in [1.82, 2.24) is 4.31 Å². The summed E-state index contributed by atoms with van der Waals surface area (Å²) in [5.41, 5.74) is 1.12. The monoisotopic (exact) mass is 438 g/mol. The maximum Gasteiger partial charge on any atom is 0.264 e. The molecule has 7 nitrogen and oxygen atoms in total. The third kappa shape index (κ3) is 4.26. The van der Waals surface area contributed by atoms with Gasteiger partial charge in [0.15, 0.2) is 0 Å². The van der Waals surface area contributed by atoms with Crippen LogP contribution in [0, 0.1) is 6.92 Å². The van der Waals surface area contributed by atoms with Crippen LogP contribution in [-0.4, -0.2) is 48.4 Å². The summed E-state index contributed by atoms with van der Waals surface area (Å²) in [4.78, 5) is 0.179. The fraction of sp³-hybridized carbons (Fsp3) is 0.400. The largest absolute Gasteiger partial charge is 0.495 e. The van der Waals surface area contributed by atoms with Crippen LogP contribution < -0.4 is 9.04 Å². The number of hydrogen-bond acceptors (Lipinski definition) is 5. The molecule has 0 unspecified atom stereocenters. The lowest BCUT2D eigenvalue weighted by atomic mass is 10.2. The van der Waals surface area contributed by atoms with E-state index in [4.69, 9.17) is 4.74 Å². The fourth-order valence-electron chi connectivity index (χ4n) is 3.33. The van der Waals surface area contributed by atoms with Crippen molar-refractivity contribution in [2.45, 2.75) is 36.0 Å². The number of methoxy groups -OCH3 is 1. The second kappa shape index (κ2) is 8.33. The molecule has 0 amide bonds. The quantitative estimate of drug-likeness (QED) is 0.692. The average molecular weight is 439 g/mol. The molecule has 158 valence electrons. The molecule has 1 aliphatic rings. The number of nitrogens with zero attached hydrogens (tertiary/aromatic N) is 2. The van der Waals surface area contributed by atoms with Gasteiger partial charge in [0.1, 0.15) is 5.75 Å². The van der Waals surface area contributed by atoms with Gasteiger partial charge in [0.25, 0.3) is 10.0 Å². The summed E-state index contributed by atoms with van der Waals surface area (Å²) in [7, 11) is -4.77. The van der Waals surface area contributed by atoms with E-state index in [2.05, 4.69) is 0 Å². The molecule has 0 aromatic heterocycles. The van der Waals surface area contributed by atoms with Crippen molar-refractivity contribution < 1.29 is 21.6 Å². The Bertz CT molecular complexity index is 1070. The van der Waals surface area contributed by atoms with Gasteiger partial charge in [0.2, 0.25) is 10.0 Å². The first kappa shape index (κ1) is 21.6. The average Bonchev–Trinajstić information content (AvgIpc) is 2.73. The van der Waals surface area contributed by atoms with Crippen LogP contribution in [-0.2, 0) is 20.0 Å². The van der Waals surface area contributed by atoms with E-state index >= 15 is 0 Å². The molecule has 1 fully saturated rings. The van der Waals surface area contributed by atoms with Crippen LogP contribution in [0.2, 0.25) is 0 Å². The second-order valence-corrected chi connectivity index (χ2v) is 11.0. The zero-order valence-corrected chi connectivity index (χ0v) is 18.5. The molecule has 2 aromatic carbocycles. The number of sulfonamides is 2. The van der Waals surface area contributed by atoms with Crippen molar-refractivity contribution >= 4 is 25.7 Å². The smallest absolute Gasteiger partial charge is 0.264 e. The number of anilines is 1. The fourth-order valence-corrected chi connectivity index (χ4v) is 6.06. The van der Waals surface area contributed by atoms with Crippen molar-refractivity contribution in [3.8, 4) is 5.75 Å². The Morgan fingerprint density at radius 1 is 0.897 bits per heavy atom. The molecule has 0 spiro atoms. The Balaban J connectivity index is 2.04. The predicted octanol–water partition coefficient (Wildman–Crippen LogP) is 3.00. The number of rotatable bonds is 6. The van der Waals surface area contributed by atoms with Gasteiger partial charge in [0.05, 0.1) is 22.6 Å². The highest BCUT2D eigenvalue weighted by Gasteiger charge is 2.29. The maximum atomic E-state index is 13.1. The van der Waals surface area contributed by atoms with Gasteiger partial charge in [-0.3, -0.25) is 4.31 Å². The lowest BCUT2D eigenvalue weighted by molar-refractivity contribution is 0.346. The van der Waals surface area contributed by atoms with Gasteiger partial charge in [-0.05, 0) is 50.1 Å². The molecule has 0 radical (unpaired) electrons. The van der Waals surface area contributed by atoms with Gasteiger partial charge in [-0.25, -0.2) is 16.8 Å². The van der Waals surface area contributed by atoms with E-state index in [1.165, 1.54) is 48.8 Å². The number of hydrogen-bond donors (Lipinski definition) is 0. The lowest BCUT2D eigenvalue weighted by Crippen LogP contribution is -2.35. The number of aryl methyl sites for hydroxylation is 1. The molecule has 1 saturated heterocycles. The van der Waals surface area contributed by atoms with Crippen molar-refractivity contribution in [2.24, 2.45) is 0 Å². The van der Waals surface area contributed by atoms with E-state index in [0.717, 1.165) is 29.1 Å². The van der Waals surface area contributed by atoms with Gasteiger partial charge in [-0.2, -0.15) is 4.31 Å². The third-order valence-electron chi connectivity index (χ3n) is 5.12. The van der Waals surface area contributed by atoms with Crippen LogP contribution in [0.25, 0.3) is 0 Å². The van der Waals surface area contributed by atoms with Crippen LogP contribution in [0.4, 0.5) is 5.69 Å². The van der Waals surface area contributed by atoms with Crippen LogP contribution in [0.1, 0.15) is 24.8 Å². The Morgan fingerprint density at radius 3 is 2.07 bits per heavy atom. The number of piperidine rings is 1. The van der Waals surface area contributed by atoms with Crippen molar-refractivity contribution in [1.29, 1.82) is 0 Å². The number of ether oxygens (including phenoxy) is 1. The van der Waals surface area contributed by atoms with Gasteiger partial charge in [-0.15, -0.1) is 0 Å². The second-order valence-electron chi connectivity index (χ2n) is 7.08. The lowest BCUT2D eigenvalue weighted by Gasteiger charge is -2.27. The summed E-state index contributed by atoms with van der Waals surface area (Å²) in [5.74, 6) is 0.279. The highest BCUT2D eigenvalue weighted by molar-refractivity contribution is 7.92. The molecule has 0 atom stereocenters. The molecule has 0 saturated carbocycles. The van der Waals surface area contributed by atoms with Gasteiger partial charge >= 0.3 is 0 Å². The minimum atomic E-state index is -3.88. The van der Waals surface area contributed by atoms with Gasteiger partial charge < -0.3 is 4.74 Å². The Labute approximate surface area is 173 Å².